The number of piperidine rings is 6. The van der Waals surface area contributed by atoms with Crippen LogP contribution in [-0.2, 0) is 96.8 Å². The molecule has 6 unspecified atom stereocenters. The molecule has 6 saturated heterocycles. The topological polar surface area (TPSA) is 425 Å². The summed E-state index contributed by atoms with van der Waals surface area (Å²) in [4.78, 5) is 233. The third kappa shape index (κ3) is 19.1. The lowest BCUT2D eigenvalue weighted by Gasteiger charge is -2.29. The first kappa shape index (κ1) is 93.4. The number of hydrogen-bond acceptors (Lipinski definition) is 20. The van der Waals surface area contributed by atoms with Gasteiger partial charge >= 0.3 is 0 Å². The van der Waals surface area contributed by atoms with Crippen molar-refractivity contribution in [2.75, 3.05) is 0 Å². The Kier molecular flexibility index (Phi) is 27.8. The van der Waals surface area contributed by atoms with E-state index in [2.05, 4.69) is 124 Å². The number of imide groups is 6. The van der Waals surface area contributed by atoms with Crippen LogP contribution in [0.3, 0.4) is 0 Å². The lowest BCUT2D eigenvalue weighted by Crippen LogP contribution is -2.52. The average molecular weight is 1770 g/mol. The van der Waals surface area contributed by atoms with Gasteiger partial charge in [-0.05, 0) is 185 Å². The van der Waals surface area contributed by atoms with Gasteiger partial charge in [-0.3, -0.25) is 128 Å². The Labute approximate surface area is 746 Å². The number of halogens is 1. The molecule has 0 aliphatic carbocycles. The fraction of sp³-hybridized carbons (Fsp3) is 0.458. The molecule has 18 amide bonds. The monoisotopic (exact) mass is 1760 g/mol. The predicted octanol–water partition coefficient (Wildman–Crippen LogP) is 8.97. The molecule has 4 aromatic carbocycles. The van der Waals surface area contributed by atoms with Crippen LogP contribution in [0.5, 0.6) is 0 Å². The Morgan fingerprint density at radius 2 is 0.659 bits per heavy atom. The van der Waals surface area contributed by atoms with Crippen LogP contribution in [0.1, 0.15) is 336 Å². The highest BCUT2D eigenvalue weighted by Crippen LogP contribution is 2.41. The molecule has 6 N–H and O–H groups in total. The van der Waals surface area contributed by atoms with Gasteiger partial charge in [-0.15, -0.1) is 0 Å². The Balaban J connectivity index is 0.000000132. The number of benzene rings is 4. The Morgan fingerprint density at radius 1 is 0.318 bits per heavy atom. The van der Waals surface area contributed by atoms with Crippen molar-refractivity contribution in [1.82, 2.24) is 71.3 Å². The molecule has 0 bridgehead atoms. The summed E-state index contributed by atoms with van der Waals surface area (Å²) in [5.41, 5.74) is 17.5. The van der Waals surface area contributed by atoms with E-state index in [4.69, 9.17) is 0 Å². The van der Waals surface area contributed by atoms with Gasteiger partial charge < -0.3 is 29.4 Å². The van der Waals surface area contributed by atoms with Gasteiger partial charge in [0.1, 0.15) is 47.8 Å². The van der Waals surface area contributed by atoms with Crippen LogP contribution in [0.4, 0.5) is 4.39 Å². The molecule has 129 heavy (non-hydrogen) atoms. The Morgan fingerprint density at radius 3 is 1.07 bits per heavy atom. The SMILES string of the molecule is CC(C)c1ccc(F)c2c1CN(C1CCC(=O)NC1=O)C2=O.CC(C)c1cccc2c1CN(C1CCC(=O)NC1=O)C2=O.CC(C)c1ccnc2c1CN(C1CCC(=O)NC1=O)C2=O.CC(C)c1cncc2c1CN(C1CCC(=O)NC1=O)C2=O.Cc1cc2c(c(C(C)C)c1)CN(C1CCC(=O)NC1=O)C2=O.Cc1ccc2c(c1C(C)C)CN(C1CCC(=O)NC1=O)C2=O. The molecule has 14 heterocycles. The van der Waals surface area contributed by atoms with E-state index in [1.807, 2.05) is 63.2 Å². The van der Waals surface area contributed by atoms with Crippen molar-refractivity contribution in [1.29, 1.82) is 0 Å². The predicted molar refractivity (Wildman–Crippen MR) is 464 cm³/mol. The van der Waals surface area contributed by atoms with Crippen molar-refractivity contribution in [2.45, 2.75) is 285 Å². The number of amides is 18. The van der Waals surface area contributed by atoms with Crippen molar-refractivity contribution in [3.05, 3.63) is 196 Å². The first-order valence-corrected chi connectivity index (χ1v) is 44.2. The number of nitrogens with zero attached hydrogens (tertiary/aromatic N) is 8. The number of hydrogen-bond donors (Lipinski definition) is 6. The fourth-order valence-corrected chi connectivity index (χ4v) is 19.3. The van der Waals surface area contributed by atoms with Gasteiger partial charge in [0.2, 0.25) is 70.9 Å². The standard InChI is InChI=1S/2C17H20N2O3.C16H17FN2O3.C16H18N2O3.2C15H17N3O3/c1-9(2)11-6-10(3)7-12-13(11)8-19(17(12)22)14-4-5-15(20)18-16(14)21;1-9(2)15-10(3)4-5-11-12(15)8-19(17(11)22)13-6-7-14(20)18-16(13)21;1-8(2)9-3-4-11(17)14-10(9)7-19(16(14)22)12-5-6-13(20)18-15(12)21;1-9(2)10-4-3-5-11-12(10)8-18(16(11)21)13-6-7-14(19)17-15(13)20;1-8(2)9-5-16-6-10-11(9)7-18(15(10)21)12-3-4-13(19)17-14(12)20;1-8(2)9-5-6-16-13-10(9)7-18(15(13)21)11-3-4-12(19)17-14(11)20/h6-7,9,14H,4-5,8H2,1-3H3,(H,18,20,21);4-5,9,13H,6-8H2,1-3H3,(H,18,20,21);3-4,8,12H,5-7H2,1-2H3,(H,18,20,21);3-5,9,13H,6-8H2,1-2H3,(H,17,19,20);5-6,8,12H,3-4,7H2,1-2H3,(H,17,19,20);5-6,8,11H,3-4,7H2,1-2H3,(H,17,19,20). The van der Waals surface area contributed by atoms with Crippen molar-refractivity contribution >= 4 is 106 Å². The first-order valence-electron chi connectivity index (χ1n) is 44.2. The number of rotatable bonds is 12. The summed E-state index contributed by atoms with van der Waals surface area (Å²) < 4.78 is 14.1. The van der Waals surface area contributed by atoms with Gasteiger partial charge in [-0.2, -0.15) is 0 Å². The molecule has 32 nitrogen and oxygen atoms in total. The van der Waals surface area contributed by atoms with Gasteiger partial charge in [0.05, 0.1) is 11.1 Å². The second-order valence-corrected chi connectivity index (χ2v) is 36.4. The van der Waals surface area contributed by atoms with E-state index in [1.54, 1.807) is 44.3 Å². The minimum absolute atomic E-state index is 0.0656. The fourth-order valence-electron chi connectivity index (χ4n) is 19.3. The van der Waals surface area contributed by atoms with Crippen molar-refractivity contribution in [3.8, 4) is 0 Å². The summed E-state index contributed by atoms with van der Waals surface area (Å²) >= 11 is 0. The van der Waals surface area contributed by atoms with Crippen LogP contribution < -0.4 is 31.9 Å². The zero-order valence-corrected chi connectivity index (χ0v) is 75.0. The summed E-state index contributed by atoms with van der Waals surface area (Å²) in [5.74, 6) is -4.05. The molecule has 12 aliphatic rings. The molecule has 6 fully saturated rings. The summed E-state index contributed by atoms with van der Waals surface area (Å²) in [7, 11) is 0. The highest BCUT2D eigenvalue weighted by atomic mass is 19.1. The average Bonchev–Trinajstić information content (AvgIpc) is 1.64. The highest BCUT2D eigenvalue weighted by Gasteiger charge is 2.48. The van der Waals surface area contributed by atoms with Gasteiger partial charge in [0, 0.05) is 119 Å². The number of nitrogens with one attached hydrogen (secondary N) is 6. The van der Waals surface area contributed by atoms with Crippen LogP contribution in [0, 0.1) is 19.7 Å². The molecular formula is C96H109FN14O18. The highest BCUT2D eigenvalue weighted by molar-refractivity contribution is 6.11. The maximum atomic E-state index is 14.1. The third-order valence-corrected chi connectivity index (χ3v) is 25.8. The van der Waals surface area contributed by atoms with Crippen LogP contribution in [0.15, 0.2) is 79.3 Å². The van der Waals surface area contributed by atoms with Gasteiger partial charge in [0.15, 0.2) is 0 Å². The largest absolute Gasteiger partial charge is 0.322 e. The van der Waals surface area contributed by atoms with E-state index < -0.39 is 59.8 Å². The second-order valence-electron chi connectivity index (χ2n) is 36.4. The van der Waals surface area contributed by atoms with Crippen molar-refractivity contribution < 1.29 is 90.7 Å². The summed E-state index contributed by atoms with van der Waals surface area (Å²) in [6.07, 6.45) is 8.82. The van der Waals surface area contributed by atoms with E-state index in [9.17, 15) is 90.7 Å². The molecule has 6 atom stereocenters. The number of pyridine rings is 2. The van der Waals surface area contributed by atoms with E-state index in [-0.39, 0.29) is 163 Å². The number of fused-ring (bicyclic) bond motifs is 6. The lowest BCUT2D eigenvalue weighted by molar-refractivity contribution is -0.138. The number of aromatic nitrogens is 2. The molecule has 6 aromatic rings. The summed E-state index contributed by atoms with van der Waals surface area (Å²) in [5, 5.41) is 13.8. The first-order chi connectivity index (χ1) is 61.1. The molecule has 12 aliphatic heterocycles. The molecular weight excluding hydrogens is 1660 g/mol. The molecule has 2 aromatic heterocycles. The van der Waals surface area contributed by atoms with Crippen LogP contribution in [-0.4, -0.2) is 182 Å². The van der Waals surface area contributed by atoms with Crippen LogP contribution in [0.2, 0.25) is 0 Å². The molecule has 18 rings (SSSR count). The minimum atomic E-state index is -0.711. The van der Waals surface area contributed by atoms with E-state index in [1.165, 1.54) is 27.0 Å². The quantitative estimate of drug-likeness (QED) is 0.0622. The van der Waals surface area contributed by atoms with E-state index >= 15 is 0 Å². The zero-order chi connectivity index (χ0) is 93.5. The number of carbonyl (C=O) groups excluding carboxylic acids is 18. The van der Waals surface area contributed by atoms with E-state index in [0.717, 1.165) is 61.2 Å². The van der Waals surface area contributed by atoms with Crippen molar-refractivity contribution in [2.24, 2.45) is 0 Å². The molecule has 0 radical (unpaired) electrons. The van der Waals surface area contributed by atoms with E-state index in [0.29, 0.717) is 116 Å². The van der Waals surface area contributed by atoms with Gasteiger partial charge in [-0.25, -0.2) is 4.39 Å². The molecule has 0 saturated carbocycles. The summed E-state index contributed by atoms with van der Waals surface area (Å²) in [6, 6.07) is 15.0. The molecule has 0 spiro atoms. The van der Waals surface area contributed by atoms with Gasteiger partial charge in [0.25, 0.3) is 35.4 Å². The minimum Gasteiger partial charge on any atom is -0.322 e. The lowest BCUT2D eigenvalue weighted by atomic mass is 9.90. The van der Waals surface area contributed by atoms with Crippen LogP contribution >= 0.6 is 0 Å². The Bertz CT molecular complexity index is 5430. The third-order valence-electron chi connectivity index (χ3n) is 25.8. The maximum absolute atomic E-state index is 14.1. The smallest absolute Gasteiger partial charge is 0.273 e. The van der Waals surface area contributed by atoms with Crippen molar-refractivity contribution in [3.63, 3.8) is 0 Å². The second kappa shape index (κ2) is 38.4. The van der Waals surface area contributed by atoms with Crippen LogP contribution in [0.25, 0.3) is 0 Å². The normalized spacial score (nSPS) is 21.6. The molecule has 678 valence electrons. The molecule has 33 heteroatoms. The zero-order valence-electron chi connectivity index (χ0n) is 75.0. The summed E-state index contributed by atoms with van der Waals surface area (Å²) in [6.45, 7) is 31.2. The number of aryl methyl sites for hydroxylation is 2. The maximum Gasteiger partial charge on any atom is 0.273 e. The van der Waals surface area contributed by atoms with Gasteiger partial charge in [-0.1, -0.05) is 119 Å². The Hall–Kier alpha value is -13.2. The number of carbonyl (C=O) groups is 18.